The van der Waals surface area contributed by atoms with Gasteiger partial charge in [-0.25, -0.2) is 4.98 Å². The number of aliphatic hydroxyl groups excluding tert-OH is 1. The molecule has 0 saturated heterocycles. The van der Waals surface area contributed by atoms with Crippen LogP contribution in [0.25, 0.3) is 0 Å². The van der Waals surface area contributed by atoms with Gasteiger partial charge in [0.2, 0.25) is 0 Å². The molecule has 1 aromatic rings. The Labute approximate surface area is 82.9 Å². The highest BCUT2D eigenvalue weighted by Crippen LogP contribution is 2.33. The molecule has 1 aromatic heterocycles. The molecule has 0 spiro atoms. The summed E-state index contributed by atoms with van der Waals surface area (Å²) in [5.41, 5.74) is 5.80. The molecule has 3 unspecified atom stereocenters. The van der Waals surface area contributed by atoms with Crippen molar-refractivity contribution in [1.29, 1.82) is 0 Å². The Morgan fingerprint density at radius 3 is 2.93 bits per heavy atom. The van der Waals surface area contributed by atoms with E-state index in [1.165, 1.54) is 6.33 Å². The molecule has 1 heterocycles. The van der Waals surface area contributed by atoms with Gasteiger partial charge in [0.05, 0.1) is 0 Å². The van der Waals surface area contributed by atoms with Crippen LogP contribution in [-0.4, -0.2) is 25.9 Å². The zero-order chi connectivity index (χ0) is 10.1. The second-order valence-electron chi connectivity index (χ2n) is 4.02. The standard InChI is InChI=1S/C9H16N4O/c1-13-9(11-5-12-13)8(14)6-2-3-7(10)4-6/h5-8,14H,2-4,10H2,1H3. The molecule has 0 amide bonds. The first-order valence-electron chi connectivity index (χ1n) is 4.96. The van der Waals surface area contributed by atoms with Gasteiger partial charge in [-0.3, -0.25) is 4.68 Å². The van der Waals surface area contributed by atoms with E-state index < -0.39 is 6.10 Å². The number of nitrogens with zero attached hydrogens (tertiary/aromatic N) is 3. The number of hydrogen-bond acceptors (Lipinski definition) is 4. The van der Waals surface area contributed by atoms with E-state index in [-0.39, 0.29) is 12.0 Å². The molecule has 3 atom stereocenters. The molecule has 0 bridgehead atoms. The lowest BCUT2D eigenvalue weighted by molar-refractivity contribution is 0.0982. The molecule has 0 aromatic carbocycles. The first kappa shape index (κ1) is 9.61. The van der Waals surface area contributed by atoms with E-state index in [9.17, 15) is 5.11 Å². The third-order valence-corrected chi connectivity index (χ3v) is 2.97. The Morgan fingerprint density at radius 1 is 1.64 bits per heavy atom. The zero-order valence-electron chi connectivity index (χ0n) is 8.30. The van der Waals surface area contributed by atoms with Gasteiger partial charge in [-0.15, -0.1) is 0 Å². The Morgan fingerprint density at radius 2 is 2.43 bits per heavy atom. The van der Waals surface area contributed by atoms with E-state index in [2.05, 4.69) is 10.1 Å². The highest BCUT2D eigenvalue weighted by molar-refractivity contribution is 4.95. The van der Waals surface area contributed by atoms with Gasteiger partial charge in [0.15, 0.2) is 5.82 Å². The largest absolute Gasteiger partial charge is 0.385 e. The van der Waals surface area contributed by atoms with E-state index >= 15 is 0 Å². The van der Waals surface area contributed by atoms with Crippen LogP contribution in [0.1, 0.15) is 31.2 Å². The van der Waals surface area contributed by atoms with Crippen molar-refractivity contribution in [3.63, 3.8) is 0 Å². The normalized spacial score (nSPS) is 29.4. The molecule has 2 rings (SSSR count). The zero-order valence-corrected chi connectivity index (χ0v) is 8.30. The summed E-state index contributed by atoms with van der Waals surface area (Å²) in [6.07, 6.45) is 3.81. The first-order valence-corrected chi connectivity index (χ1v) is 4.96. The molecule has 78 valence electrons. The minimum atomic E-state index is -0.518. The molecule has 0 radical (unpaired) electrons. The Kier molecular flexibility index (Phi) is 2.52. The van der Waals surface area contributed by atoms with E-state index in [1.54, 1.807) is 11.7 Å². The molecule has 1 aliphatic carbocycles. The maximum Gasteiger partial charge on any atom is 0.155 e. The average Bonchev–Trinajstić information content (AvgIpc) is 2.73. The van der Waals surface area contributed by atoms with Gasteiger partial charge < -0.3 is 10.8 Å². The SMILES string of the molecule is Cn1ncnc1C(O)C1CCC(N)C1. The molecule has 3 N–H and O–H groups in total. The minimum absolute atomic E-state index is 0.239. The molecular formula is C9H16N4O. The monoisotopic (exact) mass is 196 g/mol. The molecule has 14 heavy (non-hydrogen) atoms. The van der Waals surface area contributed by atoms with Crippen molar-refractivity contribution in [2.45, 2.75) is 31.4 Å². The Bertz CT molecular complexity index is 312. The van der Waals surface area contributed by atoms with Crippen molar-refractivity contribution < 1.29 is 5.11 Å². The fourth-order valence-corrected chi connectivity index (χ4v) is 2.12. The maximum atomic E-state index is 10.0. The molecule has 1 saturated carbocycles. The fourth-order valence-electron chi connectivity index (χ4n) is 2.12. The maximum absolute atomic E-state index is 10.0. The van der Waals surface area contributed by atoms with E-state index in [4.69, 9.17) is 5.73 Å². The minimum Gasteiger partial charge on any atom is -0.385 e. The van der Waals surface area contributed by atoms with Crippen molar-refractivity contribution in [2.75, 3.05) is 0 Å². The number of rotatable bonds is 2. The topological polar surface area (TPSA) is 77.0 Å². The smallest absolute Gasteiger partial charge is 0.155 e. The highest BCUT2D eigenvalue weighted by Gasteiger charge is 2.30. The Hall–Kier alpha value is -0.940. The molecule has 5 heteroatoms. The molecule has 0 aliphatic heterocycles. The van der Waals surface area contributed by atoms with Crippen molar-refractivity contribution in [1.82, 2.24) is 14.8 Å². The number of aromatic nitrogens is 3. The van der Waals surface area contributed by atoms with Crippen LogP contribution in [0.2, 0.25) is 0 Å². The van der Waals surface area contributed by atoms with Gasteiger partial charge in [-0.05, 0) is 25.2 Å². The summed E-state index contributed by atoms with van der Waals surface area (Å²) in [5.74, 6) is 0.886. The number of hydrogen-bond donors (Lipinski definition) is 2. The van der Waals surface area contributed by atoms with Crippen LogP contribution in [0.4, 0.5) is 0 Å². The lowest BCUT2D eigenvalue weighted by atomic mass is 10.00. The Balaban J connectivity index is 2.09. The fraction of sp³-hybridized carbons (Fsp3) is 0.778. The summed E-state index contributed by atoms with van der Waals surface area (Å²) in [4.78, 5) is 4.05. The van der Waals surface area contributed by atoms with Crippen LogP contribution >= 0.6 is 0 Å². The molecule has 5 nitrogen and oxygen atoms in total. The average molecular weight is 196 g/mol. The second-order valence-corrected chi connectivity index (χ2v) is 4.02. The van der Waals surface area contributed by atoms with Crippen LogP contribution in [-0.2, 0) is 7.05 Å². The van der Waals surface area contributed by atoms with Crippen LogP contribution in [0, 0.1) is 5.92 Å². The van der Waals surface area contributed by atoms with Gasteiger partial charge in [-0.2, -0.15) is 5.10 Å². The third kappa shape index (κ3) is 1.65. The van der Waals surface area contributed by atoms with E-state index in [0.717, 1.165) is 19.3 Å². The quantitative estimate of drug-likeness (QED) is 0.696. The molecule has 1 aliphatic rings. The van der Waals surface area contributed by atoms with Crippen molar-refractivity contribution in [3.05, 3.63) is 12.2 Å². The first-order chi connectivity index (χ1) is 6.68. The summed E-state index contributed by atoms with van der Waals surface area (Å²) >= 11 is 0. The van der Waals surface area contributed by atoms with Crippen molar-refractivity contribution in [2.24, 2.45) is 18.7 Å². The van der Waals surface area contributed by atoms with Crippen LogP contribution in [0.5, 0.6) is 0 Å². The van der Waals surface area contributed by atoms with Crippen LogP contribution in [0.3, 0.4) is 0 Å². The van der Waals surface area contributed by atoms with Gasteiger partial charge in [0, 0.05) is 13.1 Å². The van der Waals surface area contributed by atoms with E-state index in [0.29, 0.717) is 5.82 Å². The highest BCUT2D eigenvalue weighted by atomic mass is 16.3. The summed E-state index contributed by atoms with van der Waals surface area (Å²) in [6.45, 7) is 0. The molecule has 1 fully saturated rings. The number of aliphatic hydroxyl groups is 1. The van der Waals surface area contributed by atoms with Gasteiger partial charge in [0.25, 0.3) is 0 Å². The lowest BCUT2D eigenvalue weighted by Crippen LogP contribution is -2.19. The van der Waals surface area contributed by atoms with Gasteiger partial charge in [0.1, 0.15) is 12.4 Å². The van der Waals surface area contributed by atoms with Gasteiger partial charge in [-0.1, -0.05) is 0 Å². The van der Waals surface area contributed by atoms with Crippen molar-refractivity contribution >= 4 is 0 Å². The van der Waals surface area contributed by atoms with Gasteiger partial charge >= 0.3 is 0 Å². The molecular weight excluding hydrogens is 180 g/mol. The summed E-state index contributed by atoms with van der Waals surface area (Å²) in [6, 6.07) is 0.239. The third-order valence-electron chi connectivity index (χ3n) is 2.97. The number of aryl methyl sites for hydroxylation is 1. The lowest BCUT2D eigenvalue weighted by Gasteiger charge is -2.16. The van der Waals surface area contributed by atoms with Crippen molar-refractivity contribution in [3.8, 4) is 0 Å². The predicted octanol–water partition coefficient (Wildman–Crippen LogP) is -0.0241. The summed E-state index contributed by atoms with van der Waals surface area (Å²) < 4.78 is 1.62. The van der Waals surface area contributed by atoms with Crippen LogP contribution < -0.4 is 5.73 Å². The van der Waals surface area contributed by atoms with E-state index in [1.807, 2.05) is 0 Å². The predicted molar refractivity (Wildman–Crippen MR) is 51.3 cm³/mol. The summed E-state index contributed by atoms with van der Waals surface area (Å²) in [5, 5.41) is 14.0. The summed E-state index contributed by atoms with van der Waals surface area (Å²) in [7, 11) is 1.79. The number of nitrogens with two attached hydrogens (primary N) is 1. The second kappa shape index (κ2) is 3.67. The van der Waals surface area contributed by atoms with Crippen LogP contribution in [0.15, 0.2) is 6.33 Å².